The highest BCUT2D eigenvalue weighted by molar-refractivity contribution is 7.98. The van der Waals surface area contributed by atoms with Crippen LogP contribution in [-0.4, -0.2) is 4.92 Å². The molecule has 0 amide bonds. The fraction of sp³-hybridized carbons (Fsp3) is 0.0769. The Morgan fingerprint density at radius 1 is 1.17 bits per heavy atom. The second kappa shape index (κ2) is 5.64. The minimum Gasteiger partial charge on any atom is -0.258 e. The smallest absolute Gasteiger partial charge is 0.258 e. The maximum absolute atomic E-state index is 13.4. The fourth-order valence-corrected chi connectivity index (χ4v) is 2.33. The van der Waals surface area contributed by atoms with E-state index in [1.807, 2.05) is 30.3 Å². The van der Waals surface area contributed by atoms with Crippen molar-refractivity contribution >= 4 is 17.4 Å². The van der Waals surface area contributed by atoms with Gasteiger partial charge >= 0.3 is 5.69 Å². The summed E-state index contributed by atoms with van der Waals surface area (Å²) in [6.45, 7) is 0. The summed E-state index contributed by atoms with van der Waals surface area (Å²) in [5.74, 6) is -0.204. The van der Waals surface area contributed by atoms with Gasteiger partial charge in [0.15, 0.2) is 0 Å². The Kier molecular flexibility index (Phi) is 3.94. The van der Waals surface area contributed by atoms with Crippen molar-refractivity contribution in [1.29, 1.82) is 0 Å². The molecule has 0 aliphatic rings. The van der Waals surface area contributed by atoms with Gasteiger partial charge < -0.3 is 0 Å². The second-order valence-electron chi connectivity index (χ2n) is 3.64. The topological polar surface area (TPSA) is 43.1 Å². The van der Waals surface area contributed by atoms with Crippen molar-refractivity contribution in [3.63, 3.8) is 0 Å². The molecule has 2 rings (SSSR count). The maximum Gasteiger partial charge on any atom is 0.304 e. The number of halogens is 1. The van der Waals surface area contributed by atoms with Crippen LogP contribution in [0.15, 0.2) is 53.4 Å². The largest absolute Gasteiger partial charge is 0.304 e. The summed E-state index contributed by atoms with van der Waals surface area (Å²) in [6.07, 6.45) is 0. The van der Waals surface area contributed by atoms with Gasteiger partial charge in [-0.05, 0) is 23.8 Å². The van der Waals surface area contributed by atoms with Crippen LogP contribution in [0.4, 0.5) is 10.1 Å². The first-order valence-electron chi connectivity index (χ1n) is 5.27. The number of hydrogen-bond donors (Lipinski definition) is 0. The van der Waals surface area contributed by atoms with Crippen LogP contribution in [0, 0.1) is 15.9 Å². The number of benzene rings is 2. The van der Waals surface area contributed by atoms with Crippen molar-refractivity contribution in [3.8, 4) is 0 Å². The Morgan fingerprint density at radius 3 is 2.50 bits per heavy atom. The van der Waals surface area contributed by atoms with E-state index in [1.165, 1.54) is 12.1 Å². The number of nitro benzene ring substituents is 1. The minimum atomic E-state index is -0.786. The van der Waals surface area contributed by atoms with Crippen molar-refractivity contribution in [1.82, 2.24) is 0 Å². The van der Waals surface area contributed by atoms with Crippen LogP contribution in [0.3, 0.4) is 0 Å². The molecular weight excluding hydrogens is 253 g/mol. The van der Waals surface area contributed by atoms with Gasteiger partial charge in [0.1, 0.15) is 0 Å². The van der Waals surface area contributed by atoms with Crippen molar-refractivity contribution in [3.05, 3.63) is 70.0 Å². The van der Waals surface area contributed by atoms with Gasteiger partial charge in [0, 0.05) is 16.7 Å². The molecule has 92 valence electrons. The molecule has 0 bridgehead atoms. The molecule has 0 aliphatic carbocycles. The summed E-state index contributed by atoms with van der Waals surface area (Å²) in [6, 6.07) is 13.7. The molecular formula is C13H10FNO2S. The van der Waals surface area contributed by atoms with Crippen LogP contribution < -0.4 is 0 Å². The zero-order valence-corrected chi connectivity index (χ0v) is 10.2. The Morgan fingerprint density at radius 2 is 1.89 bits per heavy atom. The molecule has 0 radical (unpaired) electrons. The van der Waals surface area contributed by atoms with Crippen LogP contribution >= 0.6 is 11.8 Å². The summed E-state index contributed by atoms with van der Waals surface area (Å²) in [4.78, 5) is 10.8. The Bertz CT molecular complexity index is 560. The number of thioether (sulfide) groups is 1. The van der Waals surface area contributed by atoms with Crippen molar-refractivity contribution in [2.75, 3.05) is 0 Å². The van der Waals surface area contributed by atoms with E-state index in [4.69, 9.17) is 0 Å². The summed E-state index contributed by atoms with van der Waals surface area (Å²) >= 11 is 1.56. The predicted molar refractivity (Wildman–Crippen MR) is 69.1 cm³/mol. The molecule has 0 aliphatic heterocycles. The van der Waals surface area contributed by atoms with Crippen LogP contribution in [0.25, 0.3) is 0 Å². The van der Waals surface area contributed by atoms with E-state index in [0.29, 0.717) is 5.75 Å². The monoisotopic (exact) mass is 263 g/mol. The van der Waals surface area contributed by atoms with E-state index in [1.54, 1.807) is 17.8 Å². The quantitative estimate of drug-likeness (QED) is 0.475. The number of hydrogen-bond acceptors (Lipinski definition) is 3. The zero-order valence-electron chi connectivity index (χ0n) is 9.38. The third-order valence-corrected chi connectivity index (χ3v) is 3.44. The van der Waals surface area contributed by atoms with Gasteiger partial charge in [0.25, 0.3) is 0 Å². The van der Waals surface area contributed by atoms with Crippen molar-refractivity contribution in [2.45, 2.75) is 10.6 Å². The van der Waals surface area contributed by atoms with Gasteiger partial charge in [-0.1, -0.05) is 24.3 Å². The normalized spacial score (nSPS) is 10.3. The molecule has 5 heteroatoms. The number of nitro groups is 1. The summed E-state index contributed by atoms with van der Waals surface area (Å²) in [5, 5.41) is 10.5. The molecule has 0 saturated carbocycles. The van der Waals surface area contributed by atoms with Gasteiger partial charge in [0.2, 0.25) is 5.82 Å². The van der Waals surface area contributed by atoms with Gasteiger partial charge in [-0.15, -0.1) is 11.8 Å². The van der Waals surface area contributed by atoms with Gasteiger partial charge in [0.05, 0.1) is 4.92 Å². The Labute approximate surface area is 108 Å². The molecule has 0 heterocycles. The summed E-state index contributed by atoms with van der Waals surface area (Å²) < 4.78 is 13.4. The van der Waals surface area contributed by atoms with E-state index in [2.05, 4.69) is 0 Å². The fourth-order valence-electron chi connectivity index (χ4n) is 1.47. The molecule has 0 aromatic heterocycles. The standard InChI is InChI=1S/C13H10FNO2S/c14-12-8-10(6-7-13(12)15(16)17)9-18-11-4-2-1-3-5-11/h1-8H,9H2. The lowest BCUT2D eigenvalue weighted by Gasteiger charge is -2.02. The molecule has 0 saturated heterocycles. The average Bonchev–Trinajstić information content (AvgIpc) is 2.37. The number of nitrogens with zero attached hydrogens (tertiary/aromatic N) is 1. The zero-order chi connectivity index (χ0) is 13.0. The third kappa shape index (κ3) is 3.07. The highest BCUT2D eigenvalue weighted by atomic mass is 32.2. The first-order chi connectivity index (χ1) is 8.66. The van der Waals surface area contributed by atoms with Crippen molar-refractivity contribution in [2.24, 2.45) is 0 Å². The molecule has 2 aromatic carbocycles. The van der Waals surface area contributed by atoms with Crippen LogP contribution in [0.1, 0.15) is 5.56 Å². The lowest BCUT2D eigenvalue weighted by molar-refractivity contribution is -0.387. The predicted octanol–water partition coefficient (Wildman–Crippen LogP) is 4.03. The van der Waals surface area contributed by atoms with Crippen LogP contribution in [0.5, 0.6) is 0 Å². The van der Waals surface area contributed by atoms with Crippen molar-refractivity contribution < 1.29 is 9.31 Å². The summed E-state index contributed by atoms with van der Waals surface area (Å²) in [7, 11) is 0. The highest BCUT2D eigenvalue weighted by Gasteiger charge is 2.13. The van der Waals surface area contributed by atoms with E-state index >= 15 is 0 Å². The molecule has 0 spiro atoms. The second-order valence-corrected chi connectivity index (χ2v) is 4.69. The molecule has 0 fully saturated rings. The highest BCUT2D eigenvalue weighted by Crippen LogP contribution is 2.25. The lowest BCUT2D eigenvalue weighted by atomic mass is 10.2. The van der Waals surface area contributed by atoms with Gasteiger partial charge in [-0.2, -0.15) is 4.39 Å². The Balaban J connectivity index is 2.07. The summed E-state index contributed by atoms with van der Waals surface area (Å²) in [5.41, 5.74) is 0.246. The lowest BCUT2D eigenvalue weighted by Crippen LogP contribution is -1.93. The van der Waals surface area contributed by atoms with Crippen LogP contribution in [-0.2, 0) is 5.75 Å². The first-order valence-corrected chi connectivity index (χ1v) is 6.26. The molecule has 3 nitrogen and oxygen atoms in total. The van der Waals surface area contributed by atoms with Crippen LogP contribution in [0.2, 0.25) is 0 Å². The molecule has 0 unspecified atom stereocenters. The van der Waals surface area contributed by atoms with E-state index in [-0.39, 0.29) is 0 Å². The SMILES string of the molecule is O=[N+]([O-])c1ccc(CSc2ccccc2)cc1F. The van der Waals surface area contributed by atoms with Gasteiger partial charge in [-0.25, -0.2) is 0 Å². The molecule has 2 aromatic rings. The van der Waals surface area contributed by atoms with E-state index in [0.717, 1.165) is 10.5 Å². The Hall–Kier alpha value is -1.88. The molecule has 0 atom stereocenters. The number of rotatable bonds is 4. The third-order valence-electron chi connectivity index (χ3n) is 2.36. The van der Waals surface area contributed by atoms with E-state index in [9.17, 15) is 14.5 Å². The van der Waals surface area contributed by atoms with Gasteiger partial charge in [-0.3, -0.25) is 10.1 Å². The van der Waals surface area contributed by atoms with E-state index < -0.39 is 16.4 Å². The molecule has 18 heavy (non-hydrogen) atoms. The minimum absolute atomic E-state index is 0.483. The average molecular weight is 263 g/mol. The first kappa shape index (κ1) is 12.6. The molecule has 0 N–H and O–H groups in total. The maximum atomic E-state index is 13.4.